The van der Waals surface area contributed by atoms with E-state index in [0.717, 1.165) is 18.8 Å². The Bertz CT molecular complexity index is 605. The summed E-state index contributed by atoms with van der Waals surface area (Å²) in [6, 6.07) is 6.46. The van der Waals surface area contributed by atoms with Crippen LogP contribution in [-0.2, 0) is 15.6 Å². The number of morpholine rings is 1. The number of aliphatic hydroxyl groups excluding tert-OH is 1. The highest BCUT2D eigenvalue weighted by molar-refractivity contribution is 5.43. The Hall–Kier alpha value is -1.10. The Balaban J connectivity index is 2.04. The van der Waals surface area contributed by atoms with Crippen LogP contribution in [0.25, 0.3) is 0 Å². The van der Waals surface area contributed by atoms with Crippen LogP contribution in [-0.4, -0.2) is 54.6 Å². The molecule has 0 amide bonds. The van der Waals surface area contributed by atoms with Gasteiger partial charge in [-0.25, -0.2) is 0 Å². The van der Waals surface area contributed by atoms with Gasteiger partial charge in [0.2, 0.25) is 0 Å². The SMILES string of the molecule is CC1CN(CC(O)COc2ccc(C(C)(C)C)cc2C(C)(C)C)CC(C)O1. The van der Waals surface area contributed by atoms with Gasteiger partial charge in [0, 0.05) is 19.6 Å². The second-order valence-electron chi connectivity index (χ2n) is 10.2. The molecule has 0 radical (unpaired) electrons. The molecule has 3 unspecified atom stereocenters. The van der Waals surface area contributed by atoms with Gasteiger partial charge in [-0.2, -0.15) is 0 Å². The van der Waals surface area contributed by atoms with E-state index in [1.54, 1.807) is 0 Å². The van der Waals surface area contributed by atoms with Crippen molar-refractivity contribution in [3.63, 3.8) is 0 Å². The van der Waals surface area contributed by atoms with Crippen molar-refractivity contribution < 1.29 is 14.6 Å². The molecule has 2 rings (SSSR count). The molecule has 4 nitrogen and oxygen atoms in total. The molecule has 1 aromatic carbocycles. The quantitative estimate of drug-likeness (QED) is 0.838. The van der Waals surface area contributed by atoms with Crippen LogP contribution in [0.2, 0.25) is 0 Å². The predicted molar refractivity (Wildman–Crippen MR) is 112 cm³/mol. The summed E-state index contributed by atoms with van der Waals surface area (Å²) in [6.45, 7) is 20.1. The topological polar surface area (TPSA) is 41.9 Å². The second kappa shape index (κ2) is 8.50. The number of nitrogens with zero attached hydrogens (tertiary/aromatic N) is 1. The van der Waals surface area contributed by atoms with E-state index in [0.29, 0.717) is 13.2 Å². The van der Waals surface area contributed by atoms with E-state index in [9.17, 15) is 5.11 Å². The average Bonchev–Trinajstić information content (AvgIpc) is 2.50. The third-order valence-electron chi connectivity index (χ3n) is 5.05. The molecule has 1 fully saturated rings. The maximum Gasteiger partial charge on any atom is 0.123 e. The van der Waals surface area contributed by atoms with Gasteiger partial charge in [-0.3, -0.25) is 4.90 Å². The number of hydrogen-bond acceptors (Lipinski definition) is 4. The van der Waals surface area contributed by atoms with Crippen LogP contribution in [0.15, 0.2) is 18.2 Å². The van der Waals surface area contributed by atoms with Crippen molar-refractivity contribution in [1.82, 2.24) is 4.90 Å². The van der Waals surface area contributed by atoms with Gasteiger partial charge in [0.1, 0.15) is 18.5 Å². The fourth-order valence-corrected chi connectivity index (χ4v) is 3.68. The number of rotatable bonds is 5. The van der Waals surface area contributed by atoms with E-state index in [1.807, 2.05) is 0 Å². The lowest BCUT2D eigenvalue weighted by molar-refractivity contribution is -0.0787. The molecular weight excluding hydrogens is 338 g/mol. The molecule has 4 heteroatoms. The highest BCUT2D eigenvalue weighted by Crippen LogP contribution is 2.35. The molecule has 0 bridgehead atoms. The van der Waals surface area contributed by atoms with Crippen LogP contribution in [0, 0.1) is 0 Å². The summed E-state index contributed by atoms with van der Waals surface area (Å²) in [5, 5.41) is 10.5. The van der Waals surface area contributed by atoms with Gasteiger partial charge in [0.05, 0.1) is 12.2 Å². The molecule has 0 saturated carbocycles. The van der Waals surface area contributed by atoms with E-state index in [1.165, 1.54) is 11.1 Å². The molecule has 1 N–H and O–H groups in total. The molecule has 154 valence electrons. The fraction of sp³-hybridized carbons (Fsp3) is 0.739. The Morgan fingerprint density at radius 3 is 2.19 bits per heavy atom. The number of ether oxygens (including phenoxy) is 2. The van der Waals surface area contributed by atoms with Gasteiger partial charge < -0.3 is 14.6 Å². The van der Waals surface area contributed by atoms with Crippen molar-refractivity contribution in [2.45, 2.75) is 84.5 Å². The summed E-state index contributed by atoms with van der Waals surface area (Å²) in [4.78, 5) is 2.26. The smallest absolute Gasteiger partial charge is 0.123 e. The van der Waals surface area contributed by atoms with Gasteiger partial charge in [-0.05, 0) is 41.9 Å². The number of benzene rings is 1. The summed E-state index contributed by atoms with van der Waals surface area (Å²) in [5.41, 5.74) is 2.57. The summed E-state index contributed by atoms with van der Waals surface area (Å²) < 4.78 is 11.8. The second-order valence-corrected chi connectivity index (χ2v) is 10.2. The Labute approximate surface area is 165 Å². The molecule has 1 aliphatic heterocycles. The predicted octanol–water partition coefficient (Wildman–Crippen LogP) is 4.13. The van der Waals surface area contributed by atoms with Gasteiger partial charge in [0.25, 0.3) is 0 Å². The summed E-state index contributed by atoms with van der Waals surface area (Å²) in [7, 11) is 0. The van der Waals surface area contributed by atoms with Gasteiger partial charge in [0.15, 0.2) is 0 Å². The van der Waals surface area contributed by atoms with Gasteiger partial charge >= 0.3 is 0 Å². The zero-order valence-electron chi connectivity index (χ0n) is 18.5. The minimum Gasteiger partial charge on any atom is -0.491 e. The molecule has 27 heavy (non-hydrogen) atoms. The Morgan fingerprint density at radius 1 is 1.07 bits per heavy atom. The van der Waals surface area contributed by atoms with Crippen molar-refractivity contribution in [2.24, 2.45) is 0 Å². The number of hydrogen-bond donors (Lipinski definition) is 1. The summed E-state index contributed by atoms with van der Waals surface area (Å²) in [5.74, 6) is 0.873. The lowest BCUT2D eigenvalue weighted by Crippen LogP contribution is -2.48. The van der Waals surface area contributed by atoms with Crippen molar-refractivity contribution in [1.29, 1.82) is 0 Å². The highest BCUT2D eigenvalue weighted by atomic mass is 16.5. The van der Waals surface area contributed by atoms with Crippen LogP contribution in [0.5, 0.6) is 5.75 Å². The van der Waals surface area contributed by atoms with Crippen LogP contribution >= 0.6 is 0 Å². The van der Waals surface area contributed by atoms with Crippen molar-refractivity contribution in [2.75, 3.05) is 26.2 Å². The first-order valence-corrected chi connectivity index (χ1v) is 10.2. The molecule has 0 aliphatic carbocycles. The van der Waals surface area contributed by atoms with Gasteiger partial charge in [-0.15, -0.1) is 0 Å². The first-order valence-electron chi connectivity index (χ1n) is 10.2. The minimum absolute atomic E-state index is 0.0172. The van der Waals surface area contributed by atoms with Crippen molar-refractivity contribution in [3.8, 4) is 5.75 Å². The standard InChI is InChI=1S/C23H39NO3/c1-16-12-24(13-17(2)27-16)14-19(25)15-26-21-10-9-18(22(3,4)5)11-20(21)23(6,7)8/h9-11,16-17,19,25H,12-15H2,1-8H3. The third-order valence-corrected chi connectivity index (χ3v) is 5.05. The molecule has 1 saturated heterocycles. The average molecular weight is 378 g/mol. The maximum absolute atomic E-state index is 10.5. The first-order chi connectivity index (χ1) is 12.4. The summed E-state index contributed by atoms with van der Waals surface area (Å²) in [6.07, 6.45) is -0.101. The van der Waals surface area contributed by atoms with Gasteiger partial charge in [-0.1, -0.05) is 53.7 Å². The lowest BCUT2D eigenvalue weighted by atomic mass is 9.80. The van der Waals surface area contributed by atoms with E-state index < -0.39 is 6.10 Å². The Kier molecular flexibility index (Phi) is 6.99. The van der Waals surface area contributed by atoms with E-state index in [4.69, 9.17) is 9.47 Å². The van der Waals surface area contributed by atoms with Crippen LogP contribution in [0.3, 0.4) is 0 Å². The molecular formula is C23H39NO3. The monoisotopic (exact) mass is 377 g/mol. The minimum atomic E-state index is -0.516. The molecule has 0 aromatic heterocycles. The van der Waals surface area contributed by atoms with E-state index in [-0.39, 0.29) is 23.0 Å². The number of aliphatic hydroxyl groups is 1. The normalized spacial score (nSPS) is 23.3. The highest BCUT2D eigenvalue weighted by Gasteiger charge is 2.26. The first kappa shape index (κ1) is 22.2. The van der Waals surface area contributed by atoms with E-state index >= 15 is 0 Å². The maximum atomic E-state index is 10.5. The fourth-order valence-electron chi connectivity index (χ4n) is 3.68. The van der Waals surface area contributed by atoms with Crippen LogP contribution in [0.1, 0.15) is 66.5 Å². The largest absolute Gasteiger partial charge is 0.491 e. The Morgan fingerprint density at radius 2 is 1.67 bits per heavy atom. The molecule has 1 aromatic rings. The zero-order valence-corrected chi connectivity index (χ0v) is 18.5. The number of β-amino-alcohol motifs (C(OH)–C–C–N with tert-alkyl or cyclic N) is 1. The van der Waals surface area contributed by atoms with Crippen molar-refractivity contribution in [3.05, 3.63) is 29.3 Å². The lowest BCUT2D eigenvalue weighted by Gasteiger charge is -2.36. The summed E-state index contributed by atoms with van der Waals surface area (Å²) >= 11 is 0. The molecule has 3 atom stereocenters. The van der Waals surface area contributed by atoms with Crippen molar-refractivity contribution >= 4 is 0 Å². The van der Waals surface area contributed by atoms with Crippen LogP contribution < -0.4 is 4.74 Å². The zero-order chi connectivity index (χ0) is 20.4. The molecule has 0 spiro atoms. The molecule has 1 aliphatic rings. The van der Waals surface area contributed by atoms with Crippen LogP contribution in [0.4, 0.5) is 0 Å². The van der Waals surface area contributed by atoms with E-state index in [2.05, 4.69) is 78.5 Å². The third kappa shape index (κ3) is 6.48. The molecule has 1 heterocycles.